The average molecular weight is 989 g/mol. The number of fused-ring (bicyclic) bond motifs is 2. The van der Waals surface area contributed by atoms with Gasteiger partial charge < -0.3 is 50.6 Å². The lowest BCUT2D eigenvalue weighted by Crippen LogP contribution is -2.55. The van der Waals surface area contributed by atoms with E-state index in [-0.39, 0.29) is 61.2 Å². The Labute approximate surface area is 421 Å². The standard InChI is InChI=1S/C53H68N10O9/c1-6-41-50(67)60(4)43-29-56-53(59-47(43)63(41)37-14-7-8-15-37)58-40-22-17-34(28-44(40)70-5)48(65)57-36-20-18-35(19-21-36)55-25-27-71-26-10-9-12-33-13-11-16-38-39(33)30-61(49(38)66)42-23-24-45(64)62(51(42)68)31-72-52(69)46(54)32(2)3/h11,13,16-17,22,28-29,32,35-37,41-42,46,55H,6-8,10,14-15,18-21,23-27,30-31,54H2,1-5H3,(H,57,65)(H,56,58,59)/t35?,36?,41-,42?,46+/m1/s1. The summed E-state index contributed by atoms with van der Waals surface area (Å²) in [6.45, 7) is 6.83. The summed E-state index contributed by atoms with van der Waals surface area (Å²) in [5.74, 6) is 5.60. The quantitative estimate of drug-likeness (QED) is 0.0582. The fourth-order valence-electron chi connectivity index (χ4n) is 10.4. The second-order valence-electron chi connectivity index (χ2n) is 19.6. The number of likely N-dealkylation sites (N-methyl/N-ethyl adjacent to an activating group) is 1. The number of nitrogens with two attached hydrogens (primary N) is 1. The Bertz CT molecular complexity index is 2580. The molecule has 5 N–H and O–H groups in total. The van der Waals surface area contributed by atoms with Crippen LogP contribution in [-0.2, 0) is 35.2 Å². The molecular formula is C53H68N10O9. The van der Waals surface area contributed by atoms with Gasteiger partial charge in [0.2, 0.25) is 17.8 Å². The molecule has 1 aromatic heterocycles. The molecule has 1 unspecified atom stereocenters. The number of methoxy groups -OCH3 is 1. The van der Waals surface area contributed by atoms with Crippen molar-refractivity contribution in [1.82, 2.24) is 30.4 Å². The maximum absolute atomic E-state index is 13.5. The summed E-state index contributed by atoms with van der Waals surface area (Å²) in [6.07, 6.45) is 10.9. The molecule has 72 heavy (non-hydrogen) atoms. The zero-order valence-electron chi connectivity index (χ0n) is 42.0. The van der Waals surface area contributed by atoms with Crippen LogP contribution in [0.3, 0.4) is 0 Å². The van der Waals surface area contributed by atoms with Crippen molar-refractivity contribution in [2.45, 2.75) is 141 Å². The lowest BCUT2D eigenvalue weighted by atomic mass is 9.91. The Morgan fingerprint density at radius 1 is 0.958 bits per heavy atom. The van der Waals surface area contributed by atoms with Crippen molar-refractivity contribution in [2.24, 2.45) is 11.7 Å². The molecule has 2 aliphatic carbocycles. The molecule has 0 spiro atoms. The fourth-order valence-corrected chi connectivity index (χ4v) is 10.4. The van der Waals surface area contributed by atoms with Crippen LogP contribution in [0.1, 0.15) is 130 Å². The number of piperidine rings is 1. The Kier molecular flexibility index (Phi) is 16.7. The number of amides is 5. The number of anilines is 4. The normalized spacial score (nSPS) is 21.6. The maximum atomic E-state index is 13.5. The highest BCUT2D eigenvalue weighted by Gasteiger charge is 2.44. The molecule has 3 aliphatic heterocycles. The van der Waals surface area contributed by atoms with E-state index in [1.54, 1.807) is 69.4 Å². The minimum atomic E-state index is -0.888. The first-order chi connectivity index (χ1) is 34.8. The molecule has 8 rings (SSSR count). The summed E-state index contributed by atoms with van der Waals surface area (Å²) in [4.78, 5) is 94.5. The van der Waals surface area contributed by atoms with Crippen molar-refractivity contribution in [1.29, 1.82) is 0 Å². The Balaban J connectivity index is 0.747. The lowest BCUT2D eigenvalue weighted by molar-refractivity contribution is -0.165. The molecule has 3 aromatic rings. The van der Waals surface area contributed by atoms with Gasteiger partial charge in [-0.05, 0) is 93.2 Å². The molecule has 0 radical (unpaired) electrons. The number of carbonyl (C=O) groups is 6. The van der Waals surface area contributed by atoms with Crippen LogP contribution in [0.25, 0.3) is 0 Å². The number of nitrogens with zero attached hydrogens (tertiary/aromatic N) is 6. The molecule has 384 valence electrons. The van der Waals surface area contributed by atoms with Gasteiger partial charge in [-0.3, -0.25) is 28.8 Å². The third-order valence-electron chi connectivity index (χ3n) is 14.6. The number of hydrogen-bond donors (Lipinski definition) is 4. The van der Waals surface area contributed by atoms with Gasteiger partial charge in [-0.15, -0.1) is 0 Å². The van der Waals surface area contributed by atoms with Gasteiger partial charge in [0.15, 0.2) is 12.5 Å². The second kappa shape index (κ2) is 23.3. The van der Waals surface area contributed by atoms with Crippen LogP contribution >= 0.6 is 0 Å². The van der Waals surface area contributed by atoms with E-state index >= 15 is 0 Å². The molecule has 2 aromatic carbocycles. The maximum Gasteiger partial charge on any atom is 0.324 e. The second-order valence-corrected chi connectivity index (χ2v) is 19.6. The van der Waals surface area contributed by atoms with Gasteiger partial charge in [0.05, 0.1) is 32.2 Å². The number of hydrogen-bond acceptors (Lipinski definition) is 15. The third kappa shape index (κ3) is 11.4. The Morgan fingerprint density at radius 2 is 1.72 bits per heavy atom. The number of esters is 1. The minimum absolute atomic E-state index is 0.0279. The van der Waals surface area contributed by atoms with Crippen LogP contribution in [0.2, 0.25) is 0 Å². The van der Waals surface area contributed by atoms with E-state index in [1.807, 2.05) is 13.0 Å². The summed E-state index contributed by atoms with van der Waals surface area (Å²) in [6, 6.07) is 9.20. The van der Waals surface area contributed by atoms with Gasteiger partial charge in [0.1, 0.15) is 29.6 Å². The summed E-state index contributed by atoms with van der Waals surface area (Å²) < 4.78 is 16.8. The van der Waals surface area contributed by atoms with E-state index in [1.165, 1.54) is 4.90 Å². The molecule has 1 saturated heterocycles. The first-order valence-electron chi connectivity index (χ1n) is 25.5. The van der Waals surface area contributed by atoms with Crippen molar-refractivity contribution in [2.75, 3.05) is 55.8 Å². The Morgan fingerprint density at radius 3 is 2.46 bits per heavy atom. The van der Waals surface area contributed by atoms with Crippen LogP contribution in [0.4, 0.5) is 23.1 Å². The molecular weight excluding hydrogens is 921 g/mol. The number of likely N-dealkylation sites (tertiary alicyclic amines) is 1. The fraction of sp³-hybridized carbons (Fsp3) is 0.547. The van der Waals surface area contributed by atoms with Crippen LogP contribution < -0.4 is 36.2 Å². The third-order valence-corrected chi connectivity index (χ3v) is 14.6. The predicted molar refractivity (Wildman–Crippen MR) is 269 cm³/mol. The molecule has 3 fully saturated rings. The summed E-state index contributed by atoms with van der Waals surface area (Å²) in [7, 11) is 3.35. The first-order valence-corrected chi connectivity index (χ1v) is 25.5. The van der Waals surface area contributed by atoms with Gasteiger partial charge in [-0.2, -0.15) is 4.98 Å². The molecule has 19 heteroatoms. The highest BCUT2D eigenvalue weighted by molar-refractivity contribution is 6.06. The highest BCUT2D eigenvalue weighted by atomic mass is 16.5. The van der Waals surface area contributed by atoms with Crippen LogP contribution in [0.5, 0.6) is 5.75 Å². The van der Waals surface area contributed by atoms with Crippen molar-refractivity contribution in [3.8, 4) is 17.6 Å². The monoisotopic (exact) mass is 989 g/mol. The van der Waals surface area contributed by atoms with Crippen LogP contribution in [0, 0.1) is 17.8 Å². The summed E-state index contributed by atoms with van der Waals surface area (Å²) in [5.41, 5.74) is 9.56. The lowest BCUT2D eigenvalue weighted by Gasteiger charge is -2.43. The van der Waals surface area contributed by atoms with Gasteiger partial charge in [-0.25, -0.2) is 9.88 Å². The molecule has 2 saturated carbocycles. The van der Waals surface area contributed by atoms with Crippen LogP contribution in [-0.4, -0.2) is 132 Å². The van der Waals surface area contributed by atoms with E-state index in [9.17, 15) is 28.8 Å². The molecule has 4 heterocycles. The zero-order chi connectivity index (χ0) is 51.1. The van der Waals surface area contributed by atoms with E-state index in [4.69, 9.17) is 24.9 Å². The summed E-state index contributed by atoms with van der Waals surface area (Å²) in [5, 5.41) is 10.1. The van der Waals surface area contributed by atoms with Gasteiger partial charge in [-0.1, -0.05) is 51.5 Å². The summed E-state index contributed by atoms with van der Waals surface area (Å²) >= 11 is 0. The molecule has 3 atom stereocenters. The number of imide groups is 1. The van der Waals surface area contributed by atoms with E-state index in [0.29, 0.717) is 78.4 Å². The topological polar surface area (TPSA) is 231 Å². The largest absolute Gasteiger partial charge is 0.495 e. The first kappa shape index (κ1) is 51.7. The smallest absolute Gasteiger partial charge is 0.324 e. The number of aromatic nitrogens is 2. The van der Waals surface area contributed by atoms with E-state index < -0.39 is 36.6 Å². The molecule has 5 aliphatic rings. The minimum Gasteiger partial charge on any atom is -0.495 e. The molecule has 19 nitrogen and oxygen atoms in total. The van der Waals surface area contributed by atoms with Crippen molar-refractivity contribution >= 4 is 58.6 Å². The number of rotatable bonds is 18. The van der Waals surface area contributed by atoms with E-state index in [0.717, 1.165) is 67.6 Å². The number of carbonyl (C=O) groups excluding carboxylic acids is 6. The SMILES string of the molecule is CC[C@@H]1C(=O)N(C)c2cnc(Nc3ccc(C(=O)NC4CCC(NCCOCCC#Cc5cccc6c5CN(C5CCC(=O)N(COC(=O)[C@@H](N)C(C)C)C5=O)C6=O)CC4)cc3OC)nc2N1C1CCCC1. The number of ether oxygens (including phenoxy) is 3. The van der Waals surface area contributed by atoms with Gasteiger partial charge in [0.25, 0.3) is 17.7 Å². The Hall–Kier alpha value is -6.62. The highest BCUT2D eigenvalue weighted by Crippen LogP contribution is 2.41. The average Bonchev–Trinajstić information content (AvgIpc) is 4.04. The molecule has 5 amide bonds. The van der Waals surface area contributed by atoms with Crippen molar-refractivity contribution < 1.29 is 43.0 Å². The molecule has 0 bridgehead atoms. The van der Waals surface area contributed by atoms with Crippen molar-refractivity contribution in [3.63, 3.8) is 0 Å². The van der Waals surface area contributed by atoms with Gasteiger partial charge in [0, 0.05) is 67.8 Å². The van der Waals surface area contributed by atoms with Crippen LogP contribution in [0.15, 0.2) is 42.6 Å². The van der Waals surface area contributed by atoms with Crippen molar-refractivity contribution in [3.05, 3.63) is 64.8 Å². The number of nitrogens with one attached hydrogen (secondary N) is 3. The van der Waals surface area contributed by atoms with Gasteiger partial charge >= 0.3 is 5.97 Å². The zero-order valence-corrected chi connectivity index (χ0v) is 42.0. The number of benzene rings is 2. The van der Waals surface area contributed by atoms with E-state index in [2.05, 4.69) is 37.7 Å². The predicted octanol–water partition coefficient (Wildman–Crippen LogP) is 4.78.